The first-order chi connectivity index (χ1) is 9.40. The van der Waals surface area contributed by atoms with Gasteiger partial charge in [0.15, 0.2) is 0 Å². The van der Waals surface area contributed by atoms with Gasteiger partial charge in [-0.2, -0.15) is 9.57 Å². The molecule has 0 bridgehead atoms. The average Bonchev–Trinajstić information content (AvgIpc) is 2.36. The molecule has 0 radical (unpaired) electrons. The summed E-state index contributed by atoms with van der Waals surface area (Å²) in [5.74, 6) is -0.195. The molecule has 0 aliphatic carbocycles. The van der Waals surface area contributed by atoms with Crippen LogP contribution in [0.1, 0.15) is 30.9 Å². The number of benzene rings is 1. The molecule has 0 spiro atoms. The van der Waals surface area contributed by atoms with E-state index in [1.54, 1.807) is 24.3 Å². The second-order valence-electron chi connectivity index (χ2n) is 5.27. The number of hydrogen-bond donors (Lipinski definition) is 1. The third kappa shape index (κ3) is 3.01. The third-order valence-electron chi connectivity index (χ3n) is 3.53. The fraction of sp³-hybridized carbons (Fsp3) is 0.500. The Labute approximate surface area is 119 Å². The van der Waals surface area contributed by atoms with E-state index >= 15 is 0 Å². The molecule has 0 aromatic heterocycles. The van der Waals surface area contributed by atoms with E-state index in [0.717, 1.165) is 6.42 Å². The van der Waals surface area contributed by atoms with E-state index in [-0.39, 0.29) is 18.8 Å². The van der Waals surface area contributed by atoms with Gasteiger partial charge in [0.2, 0.25) is 10.0 Å². The summed E-state index contributed by atoms with van der Waals surface area (Å²) < 4.78 is 25.8. The molecule has 0 unspecified atom stereocenters. The van der Waals surface area contributed by atoms with Crippen LogP contribution in [0.15, 0.2) is 24.3 Å². The quantitative estimate of drug-likeness (QED) is 0.885. The van der Waals surface area contributed by atoms with Crippen molar-refractivity contribution in [1.82, 2.24) is 4.31 Å². The van der Waals surface area contributed by atoms with Crippen LogP contribution in [-0.2, 0) is 15.8 Å². The zero-order valence-corrected chi connectivity index (χ0v) is 12.2. The van der Waals surface area contributed by atoms with E-state index in [2.05, 4.69) is 0 Å². The summed E-state index contributed by atoms with van der Waals surface area (Å²) in [6.07, 6.45) is 1.43. The van der Waals surface area contributed by atoms with Crippen molar-refractivity contribution in [3.8, 4) is 6.07 Å². The lowest BCUT2D eigenvalue weighted by atomic mass is 9.92. The van der Waals surface area contributed by atoms with Crippen molar-refractivity contribution >= 4 is 10.0 Å². The summed E-state index contributed by atoms with van der Waals surface area (Å²) in [7, 11) is -3.48. The highest BCUT2D eigenvalue weighted by molar-refractivity contribution is 7.88. The third-order valence-corrected chi connectivity index (χ3v) is 5.25. The molecule has 1 N–H and O–H groups in total. The molecule has 1 aromatic carbocycles. The van der Waals surface area contributed by atoms with Gasteiger partial charge in [-0.05, 0) is 18.1 Å². The molecule has 1 aliphatic rings. The average molecular weight is 294 g/mol. The molecule has 1 fully saturated rings. The zero-order chi connectivity index (χ0) is 14.8. The highest BCUT2D eigenvalue weighted by Gasteiger charge is 2.45. The van der Waals surface area contributed by atoms with Crippen LogP contribution in [-0.4, -0.2) is 36.5 Å². The second-order valence-corrected chi connectivity index (χ2v) is 7.24. The number of nitriles is 1. The number of aliphatic hydroxyl groups is 1. The molecule has 0 amide bonds. The smallest absolute Gasteiger partial charge is 0.218 e. The summed E-state index contributed by atoms with van der Waals surface area (Å²) in [6, 6.07) is 8.67. The topological polar surface area (TPSA) is 81.4 Å². The highest BCUT2D eigenvalue weighted by Crippen LogP contribution is 2.29. The van der Waals surface area contributed by atoms with Crippen molar-refractivity contribution in [3.05, 3.63) is 35.4 Å². The SMILES string of the molecule is CCCC1(O)CN(S(=O)(=O)Cc2ccccc2C#N)C1. The molecular weight excluding hydrogens is 276 g/mol. The van der Waals surface area contributed by atoms with Gasteiger partial charge in [-0.25, -0.2) is 8.42 Å². The van der Waals surface area contributed by atoms with Crippen LogP contribution in [0.3, 0.4) is 0 Å². The van der Waals surface area contributed by atoms with Gasteiger partial charge in [-0.1, -0.05) is 31.5 Å². The fourth-order valence-electron chi connectivity index (χ4n) is 2.47. The van der Waals surface area contributed by atoms with Crippen LogP contribution in [0.25, 0.3) is 0 Å². The Kier molecular flexibility index (Phi) is 4.14. The molecule has 1 heterocycles. The molecule has 0 saturated carbocycles. The minimum Gasteiger partial charge on any atom is -0.387 e. The van der Waals surface area contributed by atoms with Crippen LogP contribution in [0.5, 0.6) is 0 Å². The van der Waals surface area contributed by atoms with E-state index in [1.807, 2.05) is 13.0 Å². The van der Waals surface area contributed by atoms with Crippen molar-refractivity contribution in [3.63, 3.8) is 0 Å². The number of nitrogens with zero attached hydrogens (tertiary/aromatic N) is 2. The van der Waals surface area contributed by atoms with Crippen molar-refractivity contribution in [2.45, 2.75) is 31.1 Å². The molecule has 108 valence electrons. The van der Waals surface area contributed by atoms with Gasteiger partial charge in [-0.3, -0.25) is 0 Å². The minimum atomic E-state index is -3.48. The van der Waals surface area contributed by atoms with E-state index in [1.165, 1.54) is 4.31 Å². The first-order valence-electron chi connectivity index (χ1n) is 6.58. The number of hydrogen-bond acceptors (Lipinski definition) is 4. The van der Waals surface area contributed by atoms with Gasteiger partial charge in [0.05, 0.1) is 23.0 Å². The van der Waals surface area contributed by atoms with E-state index in [4.69, 9.17) is 5.26 Å². The maximum Gasteiger partial charge on any atom is 0.218 e. The van der Waals surface area contributed by atoms with Crippen LogP contribution in [0.4, 0.5) is 0 Å². The Morgan fingerprint density at radius 3 is 2.65 bits per heavy atom. The molecule has 20 heavy (non-hydrogen) atoms. The second kappa shape index (κ2) is 5.52. The fourth-order valence-corrected chi connectivity index (χ4v) is 4.17. The van der Waals surface area contributed by atoms with Gasteiger partial charge in [0.1, 0.15) is 0 Å². The lowest BCUT2D eigenvalue weighted by Gasteiger charge is -2.45. The summed E-state index contributed by atoms with van der Waals surface area (Å²) in [6.45, 7) is 2.26. The lowest BCUT2D eigenvalue weighted by Crippen LogP contribution is -2.63. The Bertz CT molecular complexity index is 628. The maximum absolute atomic E-state index is 12.2. The summed E-state index contributed by atoms with van der Waals surface area (Å²) in [5, 5.41) is 19.0. The molecule has 1 aromatic rings. The van der Waals surface area contributed by atoms with Gasteiger partial charge in [0, 0.05) is 13.1 Å². The predicted molar refractivity (Wildman–Crippen MR) is 75.2 cm³/mol. The van der Waals surface area contributed by atoms with Crippen LogP contribution in [0, 0.1) is 11.3 Å². The van der Waals surface area contributed by atoms with Crippen molar-refractivity contribution in [2.75, 3.05) is 13.1 Å². The first-order valence-corrected chi connectivity index (χ1v) is 8.19. The van der Waals surface area contributed by atoms with Gasteiger partial charge < -0.3 is 5.11 Å². The Morgan fingerprint density at radius 2 is 2.05 bits per heavy atom. The molecule has 5 nitrogen and oxygen atoms in total. The van der Waals surface area contributed by atoms with Gasteiger partial charge >= 0.3 is 0 Å². The largest absolute Gasteiger partial charge is 0.387 e. The van der Waals surface area contributed by atoms with Crippen molar-refractivity contribution in [2.24, 2.45) is 0 Å². The van der Waals surface area contributed by atoms with Gasteiger partial charge in [0.25, 0.3) is 0 Å². The first kappa shape index (κ1) is 15.0. The van der Waals surface area contributed by atoms with E-state index in [0.29, 0.717) is 17.5 Å². The molecule has 1 saturated heterocycles. The monoisotopic (exact) mass is 294 g/mol. The highest BCUT2D eigenvalue weighted by atomic mass is 32.2. The maximum atomic E-state index is 12.2. The van der Waals surface area contributed by atoms with Crippen molar-refractivity contribution < 1.29 is 13.5 Å². The Morgan fingerprint density at radius 1 is 1.40 bits per heavy atom. The summed E-state index contributed by atoms with van der Waals surface area (Å²) in [5.41, 5.74) is -0.00216. The van der Waals surface area contributed by atoms with Crippen LogP contribution < -0.4 is 0 Å². The van der Waals surface area contributed by atoms with Gasteiger partial charge in [-0.15, -0.1) is 0 Å². The lowest BCUT2D eigenvalue weighted by molar-refractivity contribution is -0.0653. The summed E-state index contributed by atoms with van der Waals surface area (Å²) in [4.78, 5) is 0. The normalized spacial score (nSPS) is 18.2. The zero-order valence-electron chi connectivity index (χ0n) is 11.4. The van der Waals surface area contributed by atoms with E-state index in [9.17, 15) is 13.5 Å². The summed E-state index contributed by atoms with van der Waals surface area (Å²) >= 11 is 0. The van der Waals surface area contributed by atoms with E-state index < -0.39 is 15.6 Å². The Hall–Kier alpha value is -1.42. The molecule has 6 heteroatoms. The predicted octanol–water partition coefficient (Wildman–Crippen LogP) is 1.23. The Balaban J connectivity index is 2.09. The standard InChI is InChI=1S/C14H18N2O3S/c1-2-7-14(17)10-16(11-14)20(18,19)9-13-6-4-3-5-12(13)8-15/h3-6,17H,2,7,9-11H2,1H3. The minimum absolute atomic E-state index is 0.151. The molecule has 0 atom stereocenters. The number of rotatable bonds is 5. The molecule has 2 rings (SSSR count). The number of β-amino-alcohol motifs (C(OH)–C–C–N with tert-alkyl or cyclic N) is 1. The van der Waals surface area contributed by atoms with Crippen molar-refractivity contribution in [1.29, 1.82) is 5.26 Å². The number of sulfonamides is 1. The molecular formula is C14H18N2O3S. The van der Waals surface area contributed by atoms with Crippen LogP contribution in [0.2, 0.25) is 0 Å². The van der Waals surface area contributed by atoms with Crippen LogP contribution >= 0.6 is 0 Å². The molecule has 1 aliphatic heterocycles.